The number of benzene rings is 1. The number of hydrogen-bond acceptors (Lipinski definition) is 5. The highest BCUT2D eigenvalue weighted by Crippen LogP contribution is 2.18. The van der Waals surface area contributed by atoms with E-state index in [1.165, 1.54) is 0 Å². The highest BCUT2D eigenvalue weighted by molar-refractivity contribution is 5.73. The standard InChI is InChI=1S/C13H18N2O3/c1-9-14-12-5-10(3-4-13(12)18-9)6-15(2)11(7-16)8-17/h3-5,11,16-17H,6-8H2,1-2H3. The van der Waals surface area contributed by atoms with E-state index < -0.39 is 0 Å². The molecule has 18 heavy (non-hydrogen) atoms. The van der Waals surface area contributed by atoms with Crippen LogP contribution in [0.1, 0.15) is 11.5 Å². The minimum absolute atomic E-state index is 0.0572. The maximum atomic E-state index is 9.12. The Morgan fingerprint density at radius 2 is 2.06 bits per heavy atom. The summed E-state index contributed by atoms with van der Waals surface area (Å²) in [5.74, 6) is 0.652. The number of rotatable bonds is 5. The zero-order valence-electron chi connectivity index (χ0n) is 10.6. The number of nitrogens with zero attached hydrogens (tertiary/aromatic N) is 2. The average Bonchev–Trinajstić information content (AvgIpc) is 2.70. The summed E-state index contributed by atoms with van der Waals surface area (Å²) in [5, 5.41) is 18.2. The van der Waals surface area contributed by atoms with E-state index in [-0.39, 0.29) is 19.3 Å². The van der Waals surface area contributed by atoms with Gasteiger partial charge in [0, 0.05) is 13.5 Å². The number of hydrogen-bond donors (Lipinski definition) is 2. The van der Waals surface area contributed by atoms with Gasteiger partial charge in [0.15, 0.2) is 11.5 Å². The molecule has 98 valence electrons. The third kappa shape index (κ3) is 2.69. The molecule has 0 fully saturated rings. The van der Waals surface area contributed by atoms with Crippen LogP contribution in [-0.4, -0.2) is 46.4 Å². The summed E-state index contributed by atoms with van der Waals surface area (Å²) in [6, 6.07) is 5.59. The molecule has 0 amide bonds. The Bertz CT molecular complexity index is 520. The largest absolute Gasteiger partial charge is 0.441 e. The van der Waals surface area contributed by atoms with Crippen molar-refractivity contribution < 1.29 is 14.6 Å². The first-order chi connectivity index (χ1) is 8.63. The van der Waals surface area contributed by atoms with Gasteiger partial charge < -0.3 is 14.6 Å². The molecule has 5 heteroatoms. The lowest BCUT2D eigenvalue weighted by molar-refractivity contribution is 0.0874. The lowest BCUT2D eigenvalue weighted by atomic mass is 10.1. The molecule has 0 aliphatic rings. The molecular formula is C13H18N2O3. The highest BCUT2D eigenvalue weighted by Gasteiger charge is 2.13. The molecule has 5 nitrogen and oxygen atoms in total. The van der Waals surface area contributed by atoms with Gasteiger partial charge in [-0.2, -0.15) is 0 Å². The van der Waals surface area contributed by atoms with Crippen LogP contribution in [0.4, 0.5) is 0 Å². The number of fused-ring (bicyclic) bond motifs is 1. The number of aliphatic hydroxyl groups is 2. The molecule has 1 aromatic carbocycles. The molecular weight excluding hydrogens is 232 g/mol. The monoisotopic (exact) mass is 250 g/mol. The Hall–Kier alpha value is -1.43. The van der Waals surface area contributed by atoms with Gasteiger partial charge in [-0.1, -0.05) is 6.07 Å². The second-order valence-corrected chi connectivity index (χ2v) is 4.47. The van der Waals surface area contributed by atoms with E-state index in [4.69, 9.17) is 14.6 Å². The minimum atomic E-state index is -0.236. The van der Waals surface area contributed by atoms with E-state index in [9.17, 15) is 0 Å². The smallest absolute Gasteiger partial charge is 0.192 e. The molecule has 0 saturated carbocycles. The zero-order chi connectivity index (χ0) is 13.1. The molecule has 1 heterocycles. The Morgan fingerprint density at radius 3 is 2.72 bits per heavy atom. The second-order valence-electron chi connectivity index (χ2n) is 4.47. The fourth-order valence-electron chi connectivity index (χ4n) is 1.94. The summed E-state index contributed by atoms with van der Waals surface area (Å²) < 4.78 is 5.41. The molecule has 0 aliphatic heterocycles. The van der Waals surface area contributed by atoms with Gasteiger partial charge in [-0.25, -0.2) is 4.98 Å². The van der Waals surface area contributed by atoms with Crippen molar-refractivity contribution >= 4 is 11.1 Å². The lowest BCUT2D eigenvalue weighted by Gasteiger charge is -2.24. The fraction of sp³-hybridized carbons (Fsp3) is 0.462. The predicted molar refractivity (Wildman–Crippen MR) is 68.2 cm³/mol. The Morgan fingerprint density at radius 1 is 1.33 bits per heavy atom. The molecule has 2 N–H and O–H groups in total. The second kappa shape index (κ2) is 5.48. The average molecular weight is 250 g/mol. The van der Waals surface area contributed by atoms with Gasteiger partial charge in [0.05, 0.1) is 19.3 Å². The van der Waals surface area contributed by atoms with Gasteiger partial charge in [0.2, 0.25) is 0 Å². The van der Waals surface area contributed by atoms with Crippen molar-refractivity contribution in [2.45, 2.75) is 19.5 Å². The van der Waals surface area contributed by atoms with Gasteiger partial charge in [-0.05, 0) is 24.7 Å². The first-order valence-corrected chi connectivity index (χ1v) is 5.92. The Kier molecular flexibility index (Phi) is 3.96. The molecule has 1 aromatic heterocycles. The quantitative estimate of drug-likeness (QED) is 0.826. The molecule has 2 aromatic rings. The SMILES string of the molecule is Cc1nc2cc(CN(C)C(CO)CO)ccc2o1. The van der Waals surface area contributed by atoms with Crippen LogP contribution in [0.25, 0.3) is 11.1 Å². The Balaban J connectivity index is 2.16. The van der Waals surface area contributed by atoms with E-state index in [0.29, 0.717) is 12.4 Å². The molecule has 0 spiro atoms. The van der Waals surface area contributed by atoms with E-state index in [1.807, 2.05) is 37.1 Å². The van der Waals surface area contributed by atoms with Crippen LogP contribution in [-0.2, 0) is 6.54 Å². The maximum absolute atomic E-state index is 9.12. The summed E-state index contributed by atoms with van der Waals surface area (Å²) in [6.07, 6.45) is 0. The summed E-state index contributed by atoms with van der Waals surface area (Å²) in [6.45, 7) is 2.35. The van der Waals surface area contributed by atoms with Crippen molar-refractivity contribution in [1.29, 1.82) is 0 Å². The molecule has 0 bridgehead atoms. The summed E-state index contributed by atoms with van der Waals surface area (Å²) in [4.78, 5) is 6.19. The molecule has 0 radical (unpaired) electrons. The molecule has 0 unspecified atom stereocenters. The van der Waals surface area contributed by atoms with E-state index in [1.54, 1.807) is 0 Å². The van der Waals surface area contributed by atoms with Crippen LogP contribution in [0, 0.1) is 6.92 Å². The topological polar surface area (TPSA) is 69.7 Å². The van der Waals surface area contributed by atoms with Crippen LogP contribution in [0.15, 0.2) is 22.6 Å². The zero-order valence-corrected chi connectivity index (χ0v) is 10.6. The van der Waals surface area contributed by atoms with Crippen molar-refractivity contribution in [2.24, 2.45) is 0 Å². The third-order valence-electron chi connectivity index (χ3n) is 3.04. The fourth-order valence-corrected chi connectivity index (χ4v) is 1.94. The summed E-state index contributed by atoms with van der Waals surface area (Å²) in [5.41, 5.74) is 2.69. The van der Waals surface area contributed by atoms with Gasteiger partial charge in [0.25, 0.3) is 0 Å². The number of aryl methyl sites for hydroxylation is 1. The molecule has 0 atom stereocenters. The van der Waals surface area contributed by atoms with Gasteiger partial charge in [0.1, 0.15) is 5.52 Å². The van der Waals surface area contributed by atoms with Crippen LogP contribution in [0.2, 0.25) is 0 Å². The van der Waals surface area contributed by atoms with Crippen molar-refractivity contribution in [2.75, 3.05) is 20.3 Å². The Labute approximate surface area is 106 Å². The van der Waals surface area contributed by atoms with Crippen LogP contribution >= 0.6 is 0 Å². The van der Waals surface area contributed by atoms with E-state index in [0.717, 1.165) is 16.7 Å². The third-order valence-corrected chi connectivity index (χ3v) is 3.04. The number of oxazole rings is 1. The van der Waals surface area contributed by atoms with E-state index >= 15 is 0 Å². The maximum Gasteiger partial charge on any atom is 0.192 e. The van der Waals surface area contributed by atoms with E-state index in [2.05, 4.69) is 4.98 Å². The number of likely N-dealkylation sites (N-methyl/N-ethyl adjacent to an activating group) is 1. The van der Waals surface area contributed by atoms with Crippen LogP contribution < -0.4 is 0 Å². The highest BCUT2D eigenvalue weighted by atomic mass is 16.3. The van der Waals surface area contributed by atoms with Crippen LogP contribution in [0.5, 0.6) is 0 Å². The summed E-state index contributed by atoms with van der Waals surface area (Å²) >= 11 is 0. The van der Waals surface area contributed by atoms with Gasteiger partial charge in [-0.15, -0.1) is 0 Å². The first kappa shape index (κ1) is 13.0. The molecule has 0 aliphatic carbocycles. The normalized spacial score (nSPS) is 11.9. The lowest BCUT2D eigenvalue weighted by Crippen LogP contribution is -2.37. The van der Waals surface area contributed by atoms with Crippen LogP contribution in [0.3, 0.4) is 0 Å². The minimum Gasteiger partial charge on any atom is -0.441 e. The van der Waals surface area contributed by atoms with Crippen molar-refractivity contribution in [3.05, 3.63) is 29.7 Å². The molecule has 0 saturated heterocycles. The summed E-state index contributed by atoms with van der Waals surface area (Å²) in [7, 11) is 1.87. The van der Waals surface area contributed by atoms with Crippen molar-refractivity contribution in [3.8, 4) is 0 Å². The molecule has 2 rings (SSSR count). The predicted octanol–water partition coefficient (Wildman–Crippen LogP) is 0.921. The first-order valence-electron chi connectivity index (χ1n) is 5.92. The van der Waals surface area contributed by atoms with Gasteiger partial charge in [-0.3, -0.25) is 4.90 Å². The van der Waals surface area contributed by atoms with Crippen molar-refractivity contribution in [1.82, 2.24) is 9.88 Å². The van der Waals surface area contributed by atoms with Crippen molar-refractivity contribution in [3.63, 3.8) is 0 Å². The van der Waals surface area contributed by atoms with Gasteiger partial charge >= 0.3 is 0 Å². The number of aliphatic hydroxyl groups excluding tert-OH is 2. The number of aromatic nitrogens is 1.